The zero-order chi connectivity index (χ0) is 13.3. The van der Waals surface area contributed by atoms with Crippen molar-refractivity contribution in [3.8, 4) is 11.5 Å². The Morgan fingerprint density at radius 1 is 1.39 bits per heavy atom. The Bertz CT molecular complexity index is 634. The summed E-state index contributed by atoms with van der Waals surface area (Å²) in [6.07, 6.45) is 1.62. The maximum atomic E-state index is 12.0. The number of aryl methyl sites for hydroxylation is 1. The van der Waals surface area contributed by atoms with Crippen molar-refractivity contribution in [3.05, 3.63) is 45.0 Å². The van der Waals surface area contributed by atoms with Gasteiger partial charge in [0.25, 0.3) is 5.56 Å². The highest BCUT2D eigenvalue weighted by Crippen LogP contribution is 2.22. The van der Waals surface area contributed by atoms with Crippen LogP contribution in [-0.2, 0) is 0 Å². The molecule has 2 aromatic rings. The van der Waals surface area contributed by atoms with Gasteiger partial charge in [-0.3, -0.25) is 9.78 Å². The van der Waals surface area contributed by atoms with Crippen molar-refractivity contribution in [2.75, 3.05) is 0 Å². The van der Waals surface area contributed by atoms with E-state index in [4.69, 9.17) is 11.6 Å². The van der Waals surface area contributed by atoms with Crippen molar-refractivity contribution in [2.24, 2.45) is 0 Å². The van der Waals surface area contributed by atoms with Gasteiger partial charge in [-0.05, 0) is 25.0 Å². The Hall–Kier alpha value is -1.68. The molecule has 94 valence electrons. The number of rotatable bonds is 2. The third kappa shape index (κ3) is 2.29. The first-order valence-corrected chi connectivity index (χ1v) is 6.10. The summed E-state index contributed by atoms with van der Waals surface area (Å²) < 4.78 is 0. The monoisotopic (exact) mass is 263 g/mol. The van der Waals surface area contributed by atoms with Gasteiger partial charge in [0.2, 0.25) is 0 Å². The lowest BCUT2D eigenvalue weighted by Gasteiger charge is -2.09. The Morgan fingerprint density at radius 2 is 2.11 bits per heavy atom. The molecule has 0 saturated heterocycles. The first-order valence-electron chi connectivity index (χ1n) is 5.72. The third-order valence-corrected chi connectivity index (χ3v) is 3.01. The molecule has 0 spiro atoms. The van der Waals surface area contributed by atoms with E-state index in [-0.39, 0.29) is 11.5 Å². The second kappa shape index (κ2) is 4.90. The predicted molar refractivity (Wildman–Crippen MR) is 71.9 cm³/mol. The minimum atomic E-state index is -0.130. The number of halogens is 1. The summed E-state index contributed by atoms with van der Waals surface area (Å²) in [4.78, 5) is 23.3. The highest BCUT2D eigenvalue weighted by atomic mass is 35.5. The molecule has 2 aromatic heterocycles. The van der Waals surface area contributed by atoms with Crippen molar-refractivity contribution in [1.29, 1.82) is 0 Å². The molecule has 0 radical (unpaired) electrons. The zero-order valence-corrected chi connectivity index (χ0v) is 11.2. The van der Waals surface area contributed by atoms with Crippen LogP contribution in [0.4, 0.5) is 0 Å². The highest BCUT2D eigenvalue weighted by Gasteiger charge is 2.14. The van der Waals surface area contributed by atoms with E-state index < -0.39 is 0 Å². The first kappa shape index (κ1) is 12.8. The van der Waals surface area contributed by atoms with E-state index in [0.717, 1.165) is 0 Å². The standard InChI is InChI=1S/C13H14ClN3O/c1-7(2)10-8(3)16-12(17-13(10)18)11-9(14)5-4-6-15-11/h4-7H,1-3H3,(H,16,17,18). The van der Waals surface area contributed by atoms with Crippen molar-refractivity contribution in [1.82, 2.24) is 15.0 Å². The molecule has 0 amide bonds. The molecule has 0 aliphatic carbocycles. The number of aromatic nitrogens is 3. The Kier molecular flexibility index (Phi) is 3.48. The van der Waals surface area contributed by atoms with E-state index in [1.54, 1.807) is 18.3 Å². The first-order chi connectivity index (χ1) is 8.50. The summed E-state index contributed by atoms with van der Waals surface area (Å²) in [5.74, 6) is 0.544. The number of hydrogen-bond acceptors (Lipinski definition) is 3. The van der Waals surface area contributed by atoms with Gasteiger partial charge in [0.1, 0.15) is 5.69 Å². The van der Waals surface area contributed by atoms with Gasteiger partial charge in [0, 0.05) is 17.5 Å². The minimum Gasteiger partial charge on any atom is -0.305 e. The fourth-order valence-corrected chi connectivity index (χ4v) is 2.16. The number of nitrogens with one attached hydrogen (secondary N) is 1. The molecule has 0 aliphatic heterocycles. The summed E-state index contributed by atoms with van der Waals surface area (Å²) in [5, 5.41) is 0.470. The van der Waals surface area contributed by atoms with Crippen LogP contribution in [0.2, 0.25) is 5.02 Å². The predicted octanol–water partition coefficient (Wildman–Crippen LogP) is 2.92. The van der Waals surface area contributed by atoms with Crippen LogP contribution in [0.1, 0.15) is 31.0 Å². The number of aromatic amines is 1. The van der Waals surface area contributed by atoms with E-state index in [1.165, 1.54) is 0 Å². The molecule has 0 aliphatic rings. The van der Waals surface area contributed by atoms with Crippen LogP contribution in [0.15, 0.2) is 23.1 Å². The van der Waals surface area contributed by atoms with Gasteiger partial charge < -0.3 is 4.98 Å². The molecule has 0 saturated carbocycles. The number of hydrogen-bond donors (Lipinski definition) is 1. The Morgan fingerprint density at radius 3 is 2.67 bits per heavy atom. The van der Waals surface area contributed by atoms with Crippen LogP contribution in [-0.4, -0.2) is 15.0 Å². The maximum absolute atomic E-state index is 12.0. The number of H-pyrrole nitrogens is 1. The van der Waals surface area contributed by atoms with Crippen LogP contribution < -0.4 is 5.56 Å². The minimum absolute atomic E-state index is 0.130. The van der Waals surface area contributed by atoms with Gasteiger partial charge in [-0.2, -0.15) is 0 Å². The van der Waals surface area contributed by atoms with E-state index >= 15 is 0 Å². The van der Waals surface area contributed by atoms with Crippen molar-refractivity contribution < 1.29 is 0 Å². The smallest absolute Gasteiger partial charge is 0.254 e. The van der Waals surface area contributed by atoms with Crippen LogP contribution in [0.3, 0.4) is 0 Å². The van der Waals surface area contributed by atoms with Gasteiger partial charge in [-0.15, -0.1) is 0 Å². The number of pyridine rings is 1. The fraction of sp³-hybridized carbons (Fsp3) is 0.308. The van der Waals surface area contributed by atoms with Gasteiger partial charge in [0.15, 0.2) is 5.82 Å². The fourth-order valence-electron chi connectivity index (χ4n) is 1.95. The lowest BCUT2D eigenvalue weighted by atomic mass is 10.0. The van der Waals surface area contributed by atoms with Gasteiger partial charge in [-0.1, -0.05) is 25.4 Å². The molecule has 18 heavy (non-hydrogen) atoms. The molecule has 5 heteroatoms. The van der Waals surface area contributed by atoms with Crippen LogP contribution in [0.25, 0.3) is 11.5 Å². The van der Waals surface area contributed by atoms with Crippen LogP contribution >= 0.6 is 11.6 Å². The van der Waals surface area contributed by atoms with Crippen LogP contribution in [0, 0.1) is 6.92 Å². The third-order valence-electron chi connectivity index (χ3n) is 2.71. The van der Waals surface area contributed by atoms with Gasteiger partial charge >= 0.3 is 0 Å². The lowest BCUT2D eigenvalue weighted by Crippen LogP contribution is -2.18. The second-order valence-corrected chi connectivity index (χ2v) is 4.81. The summed E-state index contributed by atoms with van der Waals surface area (Å²) in [6, 6.07) is 3.45. The average Bonchev–Trinajstić information content (AvgIpc) is 2.27. The normalized spacial score (nSPS) is 10.9. The molecule has 0 bridgehead atoms. The zero-order valence-electron chi connectivity index (χ0n) is 10.5. The average molecular weight is 264 g/mol. The summed E-state index contributed by atoms with van der Waals surface area (Å²) in [5.41, 5.74) is 1.78. The topological polar surface area (TPSA) is 58.6 Å². The van der Waals surface area contributed by atoms with Gasteiger partial charge in [0.05, 0.1) is 5.02 Å². The molecule has 0 fully saturated rings. The summed E-state index contributed by atoms with van der Waals surface area (Å²) in [6.45, 7) is 5.75. The van der Waals surface area contributed by atoms with E-state index in [0.29, 0.717) is 27.8 Å². The quantitative estimate of drug-likeness (QED) is 0.906. The van der Waals surface area contributed by atoms with Crippen molar-refractivity contribution in [3.63, 3.8) is 0 Å². The Labute approximate surface area is 110 Å². The molecule has 0 unspecified atom stereocenters. The van der Waals surface area contributed by atoms with Crippen LogP contribution in [0.5, 0.6) is 0 Å². The largest absolute Gasteiger partial charge is 0.305 e. The number of nitrogens with zero attached hydrogens (tertiary/aromatic N) is 2. The summed E-state index contributed by atoms with van der Waals surface area (Å²) >= 11 is 6.04. The molecule has 4 nitrogen and oxygen atoms in total. The van der Waals surface area contributed by atoms with E-state index in [9.17, 15) is 4.79 Å². The molecule has 0 atom stereocenters. The van der Waals surface area contributed by atoms with Gasteiger partial charge in [-0.25, -0.2) is 4.98 Å². The second-order valence-electron chi connectivity index (χ2n) is 4.40. The van der Waals surface area contributed by atoms with Crippen molar-refractivity contribution >= 4 is 11.6 Å². The molecule has 2 rings (SSSR count). The summed E-state index contributed by atoms with van der Waals surface area (Å²) in [7, 11) is 0. The highest BCUT2D eigenvalue weighted by molar-refractivity contribution is 6.32. The maximum Gasteiger partial charge on any atom is 0.254 e. The van der Waals surface area contributed by atoms with E-state index in [2.05, 4.69) is 15.0 Å². The lowest BCUT2D eigenvalue weighted by molar-refractivity contribution is 0.814. The Balaban J connectivity index is 2.63. The molecule has 1 N–H and O–H groups in total. The molecular formula is C13H14ClN3O. The van der Waals surface area contributed by atoms with E-state index in [1.807, 2.05) is 20.8 Å². The molecular weight excluding hydrogens is 250 g/mol. The SMILES string of the molecule is Cc1nc(-c2ncccc2Cl)[nH]c(=O)c1C(C)C. The van der Waals surface area contributed by atoms with Crippen molar-refractivity contribution in [2.45, 2.75) is 26.7 Å². The molecule has 2 heterocycles. The molecule has 0 aromatic carbocycles.